The number of ether oxygens (including phenoxy) is 1. The number of nitrogens with zero attached hydrogens (tertiary/aromatic N) is 4. The second kappa shape index (κ2) is 12.7. The fourth-order valence-corrected chi connectivity index (χ4v) is 3.99. The van der Waals surface area contributed by atoms with Gasteiger partial charge in [-0.25, -0.2) is 9.36 Å². The molecule has 0 unspecified atom stereocenters. The molecule has 212 valence electrons. The lowest BCUT2D eigenvalue weighted by molar-refractivity contribution is -0.402. The molecule has 0 fully saturated rings. The molecule has 39 heavy (non-hydrogen) atoms. The first kappa shape index (κ1) is 29.6. The van der Waals surface area contributed by atoms with Crippen LogP contribution >= 0.6 is 7.82 Å². The lowest BCUT2D eigenvalue weighted by atomic mass is 10.3. The van der Waals surface area contributed by atoms with Crippen LogP contribution in [0.25, 0.3) is 0 Å². The van der Waals surface area contributed by atoms with Gasteiger partial charge in [-0.1, -0.05) is 0 Å². The van der Waals surface area contributed by atoms with Gasteiger partial charge in [-0.05, 0) is 25.1 Å². The molecular weight excluding hydrogens is 553 g/mol. The minimum atomic E-state index is -4.66. The maximum Gasteiger partial charge on any atom is 0.475 e. The Morgan fingerprint density at radius 3 is 2.00 bits per heavy atom. The third kappa shape index (κ3) is 8.26. The van der Waals surface area contributed by atoms with Gasteiger partial charge in [0.15, 0.2) is 6.29 Å². The molecule has 0 bridgehead atoms. The molecule has 20 heteroatoms. The average molecular weight is 575 g/mol. The maximum atomic E-state index is 13.3. The van der Waals surface area contributed by atoms with Crippen LogP contribution in [0.5, 0.6) is 0 Å². The predicted molar refractivity (Wildman–Crippen MR) is 125 cm³/mol. The fourth-order valence-electron chi connectivity index (χ4n) is 2.86. The van der Waals surface area contributed by atoms with Crippen molar-refractivity contribution < 1.29 is 51.8 Å². The Labute approximate surface area is 217 Å². The smallest absolute Gasteiger partial charge is 0.403 e. The topological polar surface area (TPSA) is 268 Å². The van der Waals surface area contributed by atoms with E-state index < -0.39 is 73.6 Å². The summed E-state index contributed by atoms with van der Waals surface area (Å²) in [5.41, 5.74) is 4.64. The van der Waals surface area contributed by atoms with Gasteiger partial charge >= 0.3 is 25.3 Å². The van der Waals surface area contributed by atoms with E-state index in [9.17, 15) is 39.8 Å². The highest BCUT2D eigenvalue weighted by molar-refractivity contribution is 7.48. The molecule has 0 aliphatic carbocycles. The van der Waals surface area contributed by atoms with Gasteiger partial charge < -0.3 is 29.5 Å². The van der Waals surface area contributed by atoms with E-state index >= 15 is 0 Å². The molecule has 4 N–H and O–H groups in total. The molecule has 0 aliphatic heterocycles. The third-order valence-corrected chi connectivity index (χ3v) is 6.09. The normalized spacial score (nSPS) is 13.4. The van der Waals surface area contributed by atoms with Crippen LogP contribution in [0.3, 0.4) is 0 Å². The number of phosphoric ester groups is 1. The molecule has 3 aromatic heterocycles. The quantitative estimate of drug-likeness (QED) is 0.100. The summed E-state index contributed by atoms with van der Waals surface area (Å²) in [7, 11) is -4.66. The summed E-state index contributed by atoms with van der Waals surface area (Å²) in [5, 5.41) is 41.1. The highest BCUT2D eigenvalue weighted by atomic mass is 31.2. The van der Waals surface area contributed by atoms with E-state index in [0.717, 1.165) is 16.7 Å². The number of nitrogen functional groups attached to an aromatic ring is 1. The van der Waals surface area contributed by atoms with Gasteiger partial charge in [-0.3, -0.25) is 38.4 Å². The highest BCUT2D eigenvalue weighted by Gasteiger charge is 2.33. The van der Waals surface area contributed by atoms with Crippen LogP contribution in [-0.4, -0.2) is 48.6 Å². The van der Waals surface area contributed by atoms with Crippen LogP contribution in [0.4, 0.5) is 17.6 Å². The minimum Gasteiger partial charge on any atom is -0.403 e. The van der Waals surface area contributed by atoms with Gasteiger partial charge in [-0.2, -0.15) is 4.98 Å². The van der Waals surface area contributed by atoms with Gasteiger partial charge in [-0.15, -0.1) is 0 Å². The first-order chi connectivity index (χ1) is 18.4. The Morgan fingerprint density at radius 2 is 1.56 bits per heavy atom. The van der Waals surface area contributed by atoms with Gasteiger partial charge in [0, 0.05) is 6.20 Å². The van der Waals surface area contributed by atoms with Crippen LogP contribution in [0.1, 0.15) is 24.7 Å². The standard InChI is InChI=1S/C19H22N5O14P/c1-11(22-7-6-15(20)21-19(22)27)36-14(18(25)26)10-35-39(32,33-8-12-2-4-16(37-12)23(28)29)34-9-13-3-5-17(38-13)24(30)31/h2-7,11,14,18,25-26H,8-10H2,1H3,(H2,20,21,27)/t11-,14-/m1/s1. The van der Waals surface area contributed by atoms with Gasteiger partial charge in [0.25, 0.3) is 0 Å². The zero-order valence-corrected chi connectivity index (χ0v) is 20.8. The maximum absolute atomic E-state index is 13.3. The number of aliphatic hydroxyl groups excluding tert-OH is 1. The lowest BCUT2D eigenvalue weighted by Crippen LogP contribution is -2.37. The molecule has 0 radical (unpaired) electrons. The number of aliphatic hydroxyl groups is 2. The van der Waals surface area contributed by atoms with Crippen LogP contribution in [0.15, 0.2) is 50.2 Å². The molecule has 3 aromatic rings. The number of furan rings is 2. The zero-order valence-electron chi connectivity index (χ0n) is 19.9. The first-order valence-corrected chi connectivity index (χ1v) is 12.2. The second-order valence-corrected chi connectivity index (χ2v) is 9.18. The molecule has 3 heterocycles. The highest BCUT2D eigenvalue weighted by Crippen LogP contribution is 2.51. The number of hydrogen-bond acceptors (Lipinski definition) is 16. The lowest BCUT2D eigenvalue weighted by Gasteiger charge is -2.26. The van der Waals surface area contributed by atoms with Crippen molar-refractivity contribution in [3.63, 3.8) is 0 Å². The van der Waals surface area contributed by atoms with Crippen LogP contribution in [0.2, 0.25) is 0 Å². The average Bonchev–Trinajstić information content (AvgIpc) is 3.54. The monoisotopic (exact) mass is 575 g/mol. The molecule has 0 saturated heterocycles. The van der Waals surface area contributed by atoms with Crippen molar-refractivity contribution in [2.75, 3.05) is 12.3 Å². The molecule has 2 atom stereocenters. The summed E-state index contributed by atoms with van der Waals surface area (Å²) in [6.45, 7) is -0.777. The minimum absolute atomic E-state index is 0.0514. The van der Waals surface area contributed by atoms with E-state index in [-0.39, 0.29) is 17.3 Å². The summed E-state index contributed by atoms with van der Waals surface area (Å²) in [6, 6.07) is 5.68. The predicted octanol–water partition coefficient (Wildman–Crippen LogP) is 1.60. The number of nitro groups is 2. The molecule has 0 aromatic carbocycles. The van der Waals surface area contributed by atoms with E-state index in [2.05, 4.69) is 4.98 Å². The molecular formula is C19H22N5O14P. The Kier molecular flexibility index (Phi) is 9.65. The first-order valence-electron chi connectivity index (χ1n) is 10.7. The third-order valence-electron chi connectivity index (χ3n) is 4.73. The van der Waals surface area contributed by atoms with E-state index in [4.69, 9.17) is 32.9 Å². The zero-order chi connectivity index (χ0) is 28.7. The van der Waals surface area contributed by atoms with E-state index in [0.29, 0.717) is 0 Å². The number of aromatic nitrogens is 2. The van der Waals surface area contributed by atoms with E-state index in [1.165, 1.54) is 31.3 Å². The fraction of sp³-hybridized carbons (Fsp3) is 0.368. The van der Waals surface area contributed by atoms with Crippen molar-refractivity contribution in [2.24, 2.45) is 0 Å². The van der Waals surface area contributed by atoms with Crippen molar-refractivity contribution in [1.82, 2.24) is 9.55 Å². The Balaban J connectivity index is 1.73. The molecule has 19 nitrogen and oxygen atoms in total. The summed E-state index contributed by atoms with van der Waals surface area (Å²) in [4.78, 5) is 35.5. The van der Waals surface area contributed by atoms with Crippen molar-refractivity contribution in [3.8, 4) is 0 Å². The molecule has 0 saturated carbocycles. The van der Waals surface area contributed by atoms with Gasteiger partial charge in [0.1, 0.15) is 52.7 Å². The van der Waals surface area contributed by atoms with Crippen LogP contribution < -0.4 is 11.4 Å². The molecule has 0 aliphatic rings. The number of anilines is 1. The largest absolute Gasteiger partial charge is 0.475 e. The number of hydrogen-bond donors (Lipinski definition) is 3. The number of rotatable bonds is 15. The molecule has 0 spiro atoms. The summed E-state index contributed by atoms with van der Waals surface area (Å²) >= 11 is 0. The van der Waals surface area contributed by atoms with Gasteiger partial charge in [0.05, 0.1) is 18.7 Å². The Hall–Kier alpha value is -3.97. The van der Waals surface area contributed by atoms with Crippen molar-refractivity contribution in [3.05, 3.63) is 78.8 Å². The van der Waals surface area contributed by atoms with Crippen LogP contribution in [0, 0.1) is 20.2 Å². The van der Waals surface area contributed by atoms with Crippen molar-refractivity contribution in [2.45, 2.75) is 38.8 Å². The number of phosphoric acid groups is 1. The summed E-state index contributed by atoms with van der Waals surface area (Å²) in [5.74, 6) is -1.56. The summed E-state index contributed by atoms with van der Waals surface area (Å²) in [6.07, 6.45) is -3.72. The Bertz CT molecular complexity index is 1340. The van der Waals surface area contributed by atoms with E-state index in [1.54, 1.807) is 0 Å². The summed E-state index contributed by atoms with van der Waals surface area (Å²) < 4.78 is 45.0. The van der Waals surface area contributed by atoms with Crippen molar-refractivity contribution >= 4 is 25.4 Å². The van der Waals surface area contributed by atoms with Crippen LogP contribution in [-0.2, 0) is 36.1 Å². The SMILES string of the molecule is C[C@@H](O[C@H](COP(=O)(OCc1ccc([N+](=O)[O-])o1)OCc1ccc([N+](=O)[O-])o1)C(O)O)n1ccc(N)nc1=O. The van der Waals surface area contributed by atoms with Crippen molar-refractivity contribution in [1.29, 1.82) is 0 Å². The second-order valence-electron chi connectivity index (χ2n) is 7.51. The van der Waals surface area contributed by atoms with E-state index in [1.807, 2.05) is 0 Å². The molecule has 0 amide bonds. The molecule has 3 rings (SSSR count). The number of nitrogens with two attached hydrogens (primary N) is 1. The Morgan fingerprint density at radius 1 is 1.03 bits per heavy atom. The van der Waals surface area contributed by atoms with Gasteiger partial charge in [0.2, 0.25) is 0 Å².